The van der Waals surface area contributed by atoms with Crippen LogP contribution in [0.5, 0.6) is 11.5 Å². The van der Waals surface area contributed by atoms with Crippen molar-refractivity contribution in [2.24, 2.45) is 7.05 Å². The average molecular weight is 554 g/mol. The van der Waals surface area contributed by atoms with E-state index in [-0.39, 0.29) is 72.9 Å². The number of benzene rings is 2. The maximum Gasteiger partial charge on any atom is 1.00 e. The molecular weight excluding hydrogens is 533 g/mol. The smallest absolute Gasteiger partial charge is 0.545 e. The summed E-state index contributed by atoms with van der Waals surface area (Å²) in [6.45, 7) is 0. The van der Waals surface area contributed by atoms with Crippen LogP contribution in [-0.2, 0) is 17.1 Å². The number of carbonyl (C=O) groups excluding carboxylic acids is 1. The topological polar surface area (TPSA) is 130 Å². The molecule has 3 heterocycles. The van der Waals surface area contributed by atoms with Gasteiger partial charge in [0.25, 0.3) is 10.0 Å². The molecule has 5 aromatic rings. The van der Waals surface area contributed by atoms with Crippen molar-refractivity contribution in [1.82, 2.24) is 19.7 Å². The van der Waals surface area contributed by atoms with Crippen LogP contribution in [0.1, 0.15) is 10.4 Å². The molecule has 0 aliphatic rings. The van der Waals surface area contributed by atoms with Gasteiger partial charge in [0.15, 0.2) is 5.65 Å². The summed E-state index contributed by atoms with van der Waals surface area (Å²) in [6, 6.07) is 18.2. The van der Waals surface area contributed by atoms with Crippen LogP contribution in [0.15, 0.2) is 90.2 Å². The number of sulfonamides is 1. The molecule has 0 bridgehead atoms. The van der Waals surface area contributed by atoms with E-state index in [2.05, 4.69) is 15.1 Å². The maximum absolute atomic E-state index is 13.7. The number of carbonyl (C=O) groups is 1. The zero-order valence-electron chi connectivity index (χ0n) is 20.8. The van der Waals surface area contributed by atoms with Gasteiger partial charge in [-0.3, -0.25) is 9.29 Å². The van der Waals surface area contributed by atoms with Crippen LogP contribution >= 0.6 is 0 Å². The van der Waals surface area contributed by atoms with Gasteiger partial charge in [-0.1, -0.05) is 30.3 Å². The van der Waals surface area contributed by atoms with E-state index in [1.807, 2.05) is 18.2 Å². The van der Waals surface area contributed by atoms with Gasteiger partial charge >= 0.3 is 51.4 Å². The number of hydrogen-bond acceptors (Lipinski definition) is 8. The Hall–Kier alpha value is -3.13. The molecule has 186 valence electrons. The summed E-state index contributed by atoms with van der Waals surface area (Å²) >= 11 is 0. The summed E-state index contributed by atoms with van der Waals surface area (Å²) in [6.07, 6.45) is 4.24. The molecule has 0 fully saturated rings. The molecule has 0 amide bonds. The minimum atomic E-state index is -4.21. The quantitative estimate of drug-likeness (QED) is 0.258. The number of aryl methyl sites for hydroxylation is 1. The fraction of sp³-hybridized carbons (Fsp3) is 0.0769. The van der Waals surface area contributed by atoms with Gasteiger partial charge in [-0.05, 0) is 36.4 Å². The van der Waals surface area contributed by atoms with Gasteiger partial charge in [0.05, 0.1) is 21.9 Å². The van der Waals surface area contributed by atoms with Gasteiger partial charge in [-0.25, -0.2) is 18.1 Å². The Morgan fingerprint density at radius 3 is 2.24 bits per heavy atom. The van der Waals surface area contributed by atoms with Crippen molar-refractivity contribution in [2.75, 3.05) is 11.4 Å². The summed E-state index contributed by atoms with van der Waals surface area (Å²) in [4.78, 5) is 20.2. The third-order valence-corrected chi connectivity index (χ3v) is 7.55. The second-order valence-corrected chi connectivity index (χ2v) is 10.0. The second-order valence-electron chi connectivity index (χ2n) is 8.07. The molecule has 2 aromatic carbocycles. The van der Waals surface area contributed by atoms with E-state index in [0.29, 0.717) is 28.4 Å². The van der Waals surface area contributed by atoms with Crippen molar-refractivity contribution in [2.45, 2.75) is 4.90 Å². The molecule has 0 aliphatic carbocycles. The molecular formula is C26H20KN5O5S. The van der Waals surface area contributed by atoms with E-state index < -0.39 is 16.0 Å². The Balaban J connectivity index is 0.00000336. The molecule has 10 nitrogen and oxygen atoms in total. The summed E-state index contributed by atoms with van der Waals surface area (Å²) in [5.41, 5.74) is 0.930. The number of carboxylic acid groups (broad SMARTS) is 1. The summed E-state index contributed by atoms with van der Waals surface area (Å²) < 4.78 is 35.5. The fourth-order valence-electron chi connectivity index (χ4n) is 3.98. The molecule has 0 unspecified atom stereocenters. The molecule has 0 aliphatic heterocycles. The Labute approximate surface area is 261 Å². The van der Waals surface area contributed by atoms with Crippen LogP contribution in [0, 0.1) is 0 Å². The zero-order chi connectivity index (χ0) is 26.2. The molecule has 38 heavy (non-hydrogen) atoms. The van der Waals surface area contributed by atoms with E-state index in [0.717, 1.165) is 10.5 Å². The van der Waals surface area contributed by atoms with Gasteiger partial charge in [0.1, 0.15) is 17.2 Å². The van der Waals surface area contributed by atoms with Crippen molar-refractivity contribution in [3.05, 3.63) is 90.9 Å². The SMILES string of the molecule is CN(c1c(C(=O)[O-])cnc2c1c(-c1ccccc1)nn2C)S(=O)(=O)c1ccc(Oc2ccncc2)cc1.[K+]. The normalized spacial score (nSPS) is 11.1. The molecule has 0 N–H and O–H groups in total. The molecule has 3 aromatic heterocycles. The van der Waals surface area contributed by atoms with Crippen molar-refractivity contribution >= 4 is 32.7 Å². The van der Waals surface area contributed by atoms with E-state index in [4.69, 9.17) is 4.74 Å². The van der Waals surface area contributed by atoms with Gasteiger partial charge in [0, 0.05) is 43.8 Å². The molecule has 0 saturated carbocycles. The van der Waals surface area contributed by atoms with E-state index in [9.17, 15) is 18.3 Å². The predicted octanol–water partition coefficient (Wildman–Crippen LogP) is 0.0152. The Kier molecular flexibility index (Phi) is 8.30. The van der Waals surface area contributed by atoms with Crippen LogP contribution in [0.2, 0.25) is 0 Å². The standard InChI is InChI=1S/C26H21N5O5S.K/c1-30-25-22(23(29-30)17-6-4-3-5-7-17)24(21(16-28-25)26(32)33)31(2)37(34,35)20-10-8-18(9-11-20)36-19-12-14-27-15-13-19;/h3-16H,1-2H3,(H,32,33);/q;+1/p-1. The molecule has 0 atom stereocenters. The number of aromatic nitrogens is 4. The summed E-state index contributed by atoms with van der Waals surface area (Å²) in [5, 5.41) is 16.9. The minimum absolute atomic E-state index is 0. The number of anilines is 1. The monoisotopic (exact) mass is 553 g/mol. The Bertz CT molecular complexity index is 1710. The number of nitrogens with zero attached hydrogens (tertiary/aromatic N) is 5. The Morgan fingerprint density at radius 1 is 0.974 bits per heavy atom. The maximum atomic E-state index is 13.7. The first-order chi connectivity index (χ1) is 17.8. The third-order valence-electron chi connectivity index (χ3n) is 5.77. The molecule has 0 saturated heterocycles. The average Bonchev–Trinajstić information content (AvgIpc) is 3.25. The zero-order valence-corrected chi connectivity index (χ0v) is 24.7. The molecule has 5 rings (SSSR count). The first-order valence-electron chi connectivity index (χ1n) is 11.1. The van der Waals surface area contributed by atoms with Crippen LogP contribution in [0.25, 0.3) is 22.3 Å². The van der Waals surface area contributed by atoms with Crippen molar-refractivity contribution in [3.8, 4) is 22.8 Å². The van der Waals surface area contributed by atoms with Gasteiger partial charge in [-0.15, -0.1) is 0 Å². The van der Waals surface area contributed by atoms with Crippen LogP contribution in [-0.4, -0.2) is 41.2 Å². The molecule has 12 heteroatoms. The third kappa shape index (κ3) is 5.23. The van der Waals surface area contributed by atoms with Crippen molar-refractivity contribution in [1.29, 1.82) is 0 Å². The summed E-state index contributed by atoms with van der Waals surface area (Å²) in [5.74, 6) is -0.589. The number of rotatable bonds is 7. The Morgan fingerprint density at radius 2 is 1.61 bits per heavy atom. The van der Waals surface area contributed by atoms with Gasteiger partial charge < -0.3 is 14.6 Å². The van der Waals surface area contributed by atoms with Crippen LogP contribution in [0.4, 0.5) is 5.69 Å². The van der Waals surface area contributed by atoms with Gasteiger partial charge in [0.2, 0.25) is 0 Å². The first kappa shape index (κ1) is 27.9. The van der Waals surface area contributed by atoms with Crippen LogP contribution in [0.3, 0.4) is 0 Å². The number of carboxylic acids is 1. The molecule has 0 spiro atoms. The van der Waals surface area contributed by atoms with Crippen molar-refractivity contribution < 1.29 is 74.4 Å². The first-order valence-corrected chi connectivity index (χ1v) is 12.5. The fourth-order valence-corrected chi connectivity index (χ4v) is 5.20. The number of fused-ring (bicyclic) bond motifs is 1. The van der Waals surface area contributed by atoms with E-state index >= 15 is 0 Å². The number of ether oxygens (including phenoxy) is 1. The predicted molar refractivity (Wildman–Crippen MR) is 135 cm³/mol. The number of pyridine rings is 2. The van der Waals surface area contributed by atoms with Crippen molar-refractivity contribution in [3.63, 3.8) is 0 Å². The van der Waals surface area contributed by atoms with E-state index in [1.54, 1.807) is 43.7 Å². The van der Waals surface area contributed by atoms with Gasteiger partial charge in [-0.2, -0.15) is 5.10 Å². The van der Waals surface area contributed by atoms with Crippen LogP contribution < -0.4 is 65.5 Å². The number of hydrogen-bond donors (Lipinski definition) is 0. The summed E-state index contributed by atoms with van der Waals surface area (Å²) in [7, 11) is -1.26. The minimum Gasteiger partial charge on any atom is -0.545 e. The molecule has 0 radical (unpaired) electrons. The second kappa shape index (κ2) is 11.3. The van der Waals surface area contributed by atoms with E-state index in [1.165, 1.54) is 36.0 Å². The largest absolute Gasteiger partial charge is 1.00 e. The number of aromatic carboxylic acids is 1.